The second-order valence-corrected chi connectivity index (χ2v) is 6.43. The highest BCUT2D eigenvalue weighted by atomic mass is 35.5. The molecule has 0 bridgehead atoms. The zero-order chi connectivity index (χ0) is 23.0. The average molecular weight is 455 g/mol. The largest absolute Gasteiger partial charge is 0.493 e. The van der Waals surface area contributed by atoms with Crippen LogP contribution in [0.1, 0.15) is 46.3 Å². The molecule has 168 valence electrons. The maximum absolute atomic E-state index is 13.1. The first-order valence-corrected chi connectivity index (χ1v) is 9.79. The number of aromatic nitrogens is 3. The van der Waals surface area contributed by atoms with Crippen LogP contribution in [-0.4, -0.2) is 59.4 Å². The smallest absolute Gasteiger partial charge is 0.361 e. The number of nitrogen functional groups attached to an aromatic ring is 1. The number of anilines is 1. The van der Waals surface area contributed by atoms with Crippen molar-refractivity contribution in [3.63, 3.8) is 0 Å². The molecule has 0 fully saturated rings. The Morgan fingerprint density at radius 1 is 1.06 bits per heavy atom. The van der Waals surface area contributed by atoms with Crippen LogP contribution < -0.4 is 15.2 Å². The van der Waals surface area contributed by atoms with Gasteiger partial charge in [0, 0.05) is 24.1 Å². The zero-order valence-corrected chi connectivity index (χ0v) is 18.1. The second kappa shape index (κ2) is 11.2. The number of carbonyl (C=O) groups is 3. The molecule has 0 aliphatic carbocycles. The highest BCUT2D eigenvalue weighted by Gasteiger charge is 2.28. The number of methoxy groups -OCH3 is 2. The van der Waals surface area contributed by atoms with Gasteiger partial charge in [-0.15, -0.1) is 26.6 Å². The highest BCUT2D eigenvalue weighted by molar-refractivity contribution is 6.18. The van der Waals surface area contributed by atoms with Crippen molar-refractivity contribution in [3.05, 3.63) is 29.1 Å². The third-order valence-electron chi connectivity index (χ3n) is 3.99. The molecule has 0 radical (unpaired) electrons. The molecule has 0 atom stereocenters. The van der Waals surface area contributed by atoms with E-state index in [-0.39, 0.29) is 41.4 Å². The predicted octanol–water partition coefficient (Wildman–Crippen LogP) is 1.80. The molecule has 1 heterocycles. The lowest BCUT2D eigenvalue weighted by Gasteiger charge is -2.11. The second-order valence-electron chi connectivity index (χ2n) is 6.05. The van der Waals surface area contributed by atoms with Crippen LogP contribution in [0.4, 0.5) is 5.69 Å². The molecule has 0 spiro atoms. The summed E-state index contributed by atoms with van der Waals surface area (Å²) in [4.78, 5) is 38.0. The number of alkyl halides is 1. The molecule has 2 rings (SSSR count). The van der Waals surface area contributed by atoms with Crippen LogP contribution >= 0.6 is 11.6 Å². The molecular weight excluding hydrogens is 432 g/mol. The van der Waals surface area contributed by atoms with Crippen LogP contribution in [0.5, 0.6) is 11.5 Å². The number of nitrogens with zero attached hydrogens (tertiary/aromatic N) is 3. The molecule has 0 amide bonds. The topological polar surface area (TPSA) is 145 Å². The standard InChI is InChI=1S/C19H23ClN4O7/c1-4-30-19(27)17-16(22-24(23-17)10-31-15(25)6-5-7-20)18(26)11-8-13(28-2)14(29-3)9-12(11)21/h8-9H,4-7,10,21H2,1-3H3. The summed E-state index contributed by atoms with van der Waals surface area (Å²) in [6, 6.07) is 2.79. The number of esters is 2. The van der Waals surface area contributed by atoms with Gasteiger partial charge in [0.2, 0.25) is 18.2 Å². The Balaban J connectivity index is 2.39. The summed E-state index contributed by atoms with van der Waals surface area (Å²) in [6.07, 6.45) is 0.562. The summed E-state index contributed by atoms with van der Waals surface area (Å²) >= 11 is 5.54. The Hall–Kier alpha value is -3.34. The Morgan fingerprint density at radius 3 is 2.32 bits per heavy atom. The summed E-state index contributed by atoms with van der Waals surface area (Å²) in [7, 11) is 2.83. The van der Waals surface area contributed by atoms with E-state index in [0.717, 1.165) is 4.80 Å². The first-order valence-electron chi connectivity index (χ1n) is 9.26. The fraction of sp³-hybridized carbons (Fsp3) is 0.421. The van der Waals surface area contributed by atoms with Crippen LogP contribution in [0.3, 0.4) is 0 Å². The van der Waals surface area contributed by atoms with E-state index in [4.69, 9.17) is 36.3 Å². The van der Waals surface area contributed by atoms with Crippen LogP contribution in [0.25, 0.3) is 0 Å². The SMILES string of the molecule is CCOC(=O)c1nn(COC(=O)CCCCl)nc1C(=O)c1cc(OC)c(OC)cc1N. The number of hydrogen-bond donors (Lipinski definition) is 1. The van der Waals surface area contributed by atoms with E-state index in [9.17, 15) is 14.4 Å². The van der Waals surface area contributed by atoms with Crippen LogP contribution in [0, 0.1) is 0 Å². The van der Waals surface area contributed by atoms with Gasteiger partial charge in [-0.2, -0.15) is 0 Å². The van der Waals surface area contributed by atoms with Crippen molar-refractivity contribution < 1.29 is 33.3 Å². The van der Waals surface area contributed by atoms with Gasteiger partial charge in [0.05, 0.1) is 26.4 Å². The number of hydrogen-bond acceptors (Lipinski definition) is 10. The van der Waals surface area contributed by atoms with Crippen molar-refractivity contribution in [1.29, 1.82) is 0 Å². The lowest BCUT2D eigenvalue weighted by Crippen LogP contribution is -2.14. The quantitative estimate of drug-likeness (QED) is 0.231. The number of halogens is 1. The third-order valence-corrected chi connectivity index (χ3v) is 4.26. The Bertz CT molecular complexity index is 961. The number of rotatable bonds is 11. The van der Waals surface area contributed by atoms with Crippen molar-refractivity contribution >= 4 is 35.0 Å². The van der Waals surface area contributed by atoms with Crippen LogP contribution in [0.2, 0.25) is 0 Å². The summed E-state index contributed by atoms with van der Waals surface area (Å²) < 4.78 is 20.3. The first-order chi connectivity index (χ1) is 14.9. The van der Waals surface area contributed by atoms with Gasteiger partial charge in [0.15, 0.2) is 17.2 Å². The molecule has 31 heavy (non-hydrogen) atoms. The van der Waals surface area contributed by atoms with Crippen LogP contribution in [-0.2, 0) is 21.0 Å². The van der Waals surface area contributed by atoms with Crippen molar-refractivity contribution in [2.45, 2.75) is 26.5 Å². The average Bonchev–Trinajstić information content (AvgIpc) is 3.20. The van der Waals surface area contributed by atoms with Gasteiger partial charge >= 0.3 is 11.9 Å². The van der Waals surface area contributed by atoms with E-state index in [1.165, 1.54) is 26.4 Å². The highest BCUT2D eigenvalue weighted by Crippen LogP contribution is 2.33. The number of carbonyl (C=O) groups excluding carboxylic acids is 3. The number of benzene rings is 1. The van der Waals surface area contributed by atoms with E-state index in [1.54, 1.807) is 6.92 Å². The first kappa shape index (κ1) is 23.9. The van der Waals surface area contributed by atoms with E-state index in [1.807, 2.05) is 0 Å². The Morgan fingerprint density at radius 2 is 1.71 bits per heavy atom. The molecular formula is C19H23ClN4O7. The predicted molar refractivity (Wildman–Crippen MR) is 109 cm³/mol. The lowest BCUT2D eigenvalue weighted by atomic mass is 10.0. The summed E-state index contributed by atoms with van der Waals surface area (Å²) in [5.41, 5.74) is 5.45. The van der Waals surface area contributed by atoms with Crippen molar-refractivity contribution in [1.82, 2.24) is 15.0 Å². The number of nitrogens with two attached hydrogens (primary N) is 1. The van der Waals surface area contributed by atoms with E-state index in [0.29, 0.717) is 18.1 Å². The normalized spacial score (nSPS) is 10.5. The third kappa shape index (κ3) is 5.85. The minimum atomic E-state index is -0.857. The molecule has 2 aromatic rings. The maximum Gasteiger partial charge on any atom is 0.361 e. The summed E-state index contributed by atoms with van der Waals surface area (Å²) in [5.74, 6) is -1.17. The van der Waals surface area contributed by atoms with E-state index in [2.05, 4.69) is 10.2 Å². The molecule has 0 saturated carbocycles. The monoisotopic (exact) mass is 454 g/mol. The molecule has 1 aromatic carbocycles. The van der Waals surface area contributed by atoms with Gasteiger partial charge < -0.3 is 24.7 Å². The van der Waals surface area contributed by atoms with Gasteiger partial charge in [-0.25, -0.2) is 4.79 Å². The van der Waals surface area contributed by atoms with Gasteiger partial charge in [-0.3, -0.25) is 9.59 Å². The van der Waals surface area contributed by atoms with E-state index < -0.39 is 24.5 Å². The zero-order valence-electron chi connectivity index (χ0n) is 17.3. The molecule has 0 aliphatic heterocycles. The molecule has 11 nitrogen and oxygen atoms in total. The van der Waals surface area contributed by atoms with Gasteiger partial charge in [0.25, 0.3) is 0 Å². The molecule has 2 N–H and O–H groups in total. The molecule has 1 aromatic heterocycles. The van der Waals surface area contributed by atoms with Crippen molar-refractivity contribution in [2.75, 3.05) is 32.4 Å². The molecule has 12 heteroatoms. The molecule has 0 aliphatic rings. The van der Waals surface area contributed by atoms with Crippen LogP contribution in [0.15, 0.2) is 12.1 Å². The minimum Gasteiger partial charge on any atom is -0.493 e. The fourth-order valence-corrected chi connectivity index (χ4v) is 2.66. The van der Waals surface area contributed by atoms with Crippen molar-refractivity contribution in [2.24, 2.45) is 0 Å². The van der Waals surface area contributed by atoms with Crippen molar-refractivity contribution in [3.8, 4) is 11.5 Å². The fourth-order valence-electron chi connectivity index (χ4n) is 2.53. The minimum absolute atomic E-state index is 0.0226. The Kier molecular flexibility index (Phi) is 8.62. The van der Waals surface area contributed by atoms with Gasteiger partial charge in [0.1, 0.15) is 0 Å². The lowest BCUT2D eigenvalue weighted by molar-refractivity contribution is -0.148. The van der Waals surface area contributed by atoms with Gasteiger partial charge in [-0.1, -0.05) is 0 Å². The Labute approximate surface area is 183 Å². The maximum atomic E-state index is 13.1. The number of ether oxygens (including phenoxy) is 4. The summed E-state index contributed by atoms with van der Waals surface area (Å²) in [6.45, 7) is 1.27. The van der Waals surface area contributed by atoms with Gasteiger partial charge in [-0.05, 0) is 19.4 Å². The molecule has 0 saturated heterocycles. The van der Waals surface area contributed by atoms with E-state index >= 15 is 0 Å². The summed E-state index contributed by atoms with van der Waals surface area (Å²) in [5, 5.41) is 7.95. The number of ketones is 1. The molecule has 0 unspecified atom stereocenters.